The van der Waals surface area contributed by atoms with Crippen LogP contribution in [0.4, 0.5) is 5.95 Å². The quantitative estimate of drug-likeness (QED) is 0.558. The molecule has 3 heterocycles. The molecule has 0 amide bonds. The topological polar surface area (TPSA) is 88.1 Å². The van der Waals surface area contributed by atoms with E-state index in [0.717, 1.165) is 80.6 Å². The number of aromatic nitrogens is 2. The molecule has 34 heavy (non-hydrogen) atoms. The van der Waals surface area contributed by atoms with Crippen molar-refractivity contribution in [3.05, 3.63) is 41.7 Å². The normalized spacial score (nSPS) is 18.7. The van der Waals surface area contributed by atoms with Crippen LogP contribution in [0.5, 0.6) is 11.5 Å². The molecule has 2 aliphatic heterocycles. The summed E-state index contributed by atoms with van der Waals surface area (Å²) in [5, 5.41) is 0. The first-order chi connectivity index (χ1) is 16.4. The zero-order chi connectivity index (χ0) is 24.1. The molecule has 9 nitrogen and oxygen atoms in total. The fourth-order valence-electron chi connectivity index (χ4n) is 4.43. The van der Waals surface area contributed by atoms with Gasteiger partial charge in [0.2, 0.25) is 16.0 Å². The molecule has 0 saturated carbocycles. The molecule has 2 aliphatic rings. The number of benzene rings is 1. The summed E-state index contributed by atoms with van der Waals surface area (Å²) in [5.41, 5.74) is 2.27. The van der Waals surface area contributed by atoms with E-state index >= 15 is 0 Å². The number of rotatable bonds is 8. The van der Waals surface area contributed by atoms with Gasteiger partial charge in [-0.3, -0.25) is 4.90 Å². The largest absolute Gasteiger partial charge is 0.493 e. The van der Waals surface area contributed by atoms with Gasteiger partial charge in [0.1, 0.15) is 6.10 Å². The second-order valence-corrected chi connectivity index (χ2v) is 11.0. The number of ether oxygens (including phenoxy) is 2. The Bertz CT molecular complexity index is 1050. The molecule has 0 atom stereocenters. The zero-order valence-corrected chi connectivity index (χ0v) is 21.1. The maximum Gasteiger partial charge on any atom is 0.225 e. The van der Waals surface area contributed by atoms with Gasteiger partial charge in [0.25, 0.3) is 0 Å². The number of nitrogens with zero attached hydrogens (tertiary/aromatic N) is 5. The van der Waals surface area contributed by atoms with Crippen molar-refractivity contribution in [2.24, 2.45) is 0 Å². The molecule has 0 radical (unpaired) electrons. The number of sulfonamides is 1. The summed E-state index contributed by atoms with van der Waals surface area (Å²) >= 11 is 0. The summed E-state index contributed by atoms with van der Waals surface area (Å²) in [4.78, 5) is 13.5. The van der Waals surface area contributed by atoms with Gasteiger partial charge < -0.3 is 14.4 Å². The molecular formula is C24H35N5O4S. The SMILES string of the molecule is CCc1cnc(N2CCC(Oc3ccc(CN4CCN(S(C)(=O)=O)CC4)cc3OC)CC2)nc1. The second kappa shape index (κ2) is 10.9. The van der Waals surface area contributed by atoms with Crippen LogP contribution in [0.1, 0.15) is 30.9 Å². The van der Waals surface area contributed by atoms with E-state index in [4.69, 9.17) is 9.47 Å². The van der Waals surface area contributed by atoms with Gasteiger partial charge in [-0.2, -0.15) is 4.31 Å². The zero-order valence-electron chi connectivity index (χ0n) is 20.3. The van der Waals surface area contributed by atoms with E-state index in [-0.39, 0.29) is 6.10 Å². The first-order valence-electron chi connectivity index (χ1n) is 11.9. The summed E-state index contributed by atoms with van der Waals surface area (Å²) in [7, 11) is -1.45. The molecule has 0 bridgehead atoms. The third kappa shape index (κ3) is 6.17. The van der Waals surface area contributed by atoms with E-state index in [0.29, 0.717) is 13.1 Å². The Kier molecular flexibility index (Phi) is 7.90. The van der Waals surface area contributed by atoms with Crippen LogP contribution in [0.15, 0.2) is 30.6 Å². The lowest BCUT2D eigenvalue weighted by Crippen LogP contribution is -2.47. The fraction of sp³-hybridized carbons (Fsp3) is 0.583. The Labute approximate surface area is 202 Å². The van der Waals surface area contributed by atoms with Crippen molar-refractivity contribution in [3.8, 4) is 11.5 Å². The van der Waals surface area contributed by atoms with Crippen molar-refractivity contribution in [2.75, 3.05) is 57.5 Å². The van der Waals surface area contributed by atoms with Crippen molar-refractivity contribution in [3.63, 3.8) is 0 Å². The Balaban J connectivity index is 1.30. The molecule has 1 aromatic carbocycles. The van der Waals surface area contributed by atoms with E-state index in [1.54, 1.807) is 11.4 Å². The maximum atomic E-state index is 11.7. The van der Waals surface area contributed by atoms with Gasteiger partial charge in [-0.25, -0.2) is 18.4 Å². The van der Waals surface area contributed by atoms with Crippen molar-refractivity contribution in [1.82, 2.24) is 19.2 Å². The van der Waals surface area contributed by atoms with Crippen LogP contribution in [0.3, 0.4) is 0 Å². The van der Waals surface area contributed by atoms with Crippen LogP contribution in [0, 0.1) is 0 Å². The van der Waals surface area contributed by atoms with Crippen molar-refractivity contribution in [1.29, 1.82) is 0 Å². The monoisotopic (exact) mass is 489 g/mol. The number of hydrogen-bond acceptors (Lipinski definition) is 8. The Hall–Kier alpha value is -2.43. The number of hydrogen-bond donors (Lipinski definition) is 0. The summed E-state index contributed by atoms with van der Waals surface area (Å²) in [6.07, 6.45) is 7.94. The van der Waals surface area contributed by atoms with Crippen LogP contribution >= 0.6 is 0 Å². The van der Waals surface area contributed by atoms with Crippen molar-refractivity contribution in [2.45, 2.75) is 38.8 Å². The molecule has 186 valence electrons. The van der Waals surface area contributed by atoms with E-state index in [9.17, 15) is 8.42 Å². The average molecular weight is 490 g/mol. The van der Waals surface area contributed by atoms with Gasteiger partial charge in [-0.05, 0) is 29.7 Å². The third-order valence-corrected chi connectivity index (χ3v) is 7.86. The van der Waals surface area contributed by atoms with Crippen molar-refractivity contribution >= 4 is 16.0 Å². The number of aryl methyl sites for hydroxylation is 1. The number of piperazine rings is 1. The van der Waals surface area contributed by atoms with E-state index in [1.807, 2.05) is 24.5 Å². The molecule has 4 rings (SSSR count). The maximum absolute atomic E-state index is 11.7. The van der Waals surface area contributed by atoms with Crippen LogP contribution in [0.2, 0.25) is 0 Å². The average Bonchev–Trinajstić information content (AvgIpc) is 2.85. The van der Waals surface area contributed by atoms with Gasteiger partial charge >= 0.3 is 0 Å². The smallest absolute Gasteiger partial charge is 0.225 e. The fourth-order valence-corrected chi connectivity index (χ4v) is 5.26. The summed E-state index contributed by atoms with van der Waals surface area (Å²) < 4.78 is 36.9. The van der Waals surface area contributed by atoms with Crippen LogP contribution in [-0.2, 0) is 23.0 Å². The van der Waals surface area contributed by atoms with Gasteiger partial charge in [-0.15, -0.1) is 0 Å². The molecule has 0 spiro atoms. The van der Waals surface area contributed by atoms with Gasteiger partial charge in [0.15, 0.2) is 11.5 Å². The lowest BCUT2D eigenvalue weighted by Gasteiger charge is -2.33. The summed E-state index contributed by atoms with van der Waals surface area (Å²) in [6.45, 7) is 7.07. The Morgan fingerprint density at radius 2 is 1.65 bits per heavy atom. The molecule has 2 aromatic rings. The van der Waals surface area contributed by atoms with E-state index in [2.05, 4.69) is 32.8 Å². The lowest BCUT2D eigenvalue weighted by atomic mass is 10.1. The number of methoxy groups -OCH3 is 1. The molecule has 10 heteroatoms. The van der Waals surface area contributed by atoms with Gasteiger partial charge in [0.05, 0.1) is 13.4 Å². The van der Waals surface area contributed by atoms with Crippen LogP contribution in [0.25, 0.3) is 0 Å². The van der Waals surface area contributed by atoms with Crippen LogP contribution < -0.4 is 14.4 Å². The minimum atomic E-state index is -3.11. The molecule has 0 aliphatic carbocycles. The standard InChI is InChI=1S/C24H35N5O4S/c1-4-19-16-25-24(26-17-19)28-9-7-21(8-10-28)33-22-6-5-20(15-23(22)32-2)18-27-11-13-29(14-12-27)34(3,30)31/h5-6,15-17,21H,4,7-14,18H2,1-3H3. The predicted octanol–water partition coefficient (Wildman–Crippen LogP) is 2.17. The van der Waals surface area contributed by atoms with Crippen LogP contribution in [-0.4, -0.2) is 86.3 Å². The minimum absolute atomic E-state index is 0.120. The molecule has 1 aromatic heterocycles. The predicted molar refractivity (Wildman–Crippen MR) is 132 cm³/mol. The highest BCUT2D eigenvalue weighted by Gasteiger charge is 2.25. The highest BCUT2D eigenvalue weighted by Crippen LogP contribution is 2.31. The third-order valence-electron chi connectivity index (χ3n) is 6.55. The summed E-state index contributed by atoms with van der Waals surface area (Å²) in [6, 6.07) is 6.08. The minimum Gasteiger partial charge on any atom is -0.493 e. The van der Waals surface area contributed by atoms with Crippen molar-refractivity contribution < 1.29 is 17.9 Å². The number of anilines is 1. The first-order valence-corrected chi connectivity index (χ1v) is 13.8. The molecule has 0 N–H and O–H groups in total. The molecule has 2 saturated heterocycles. The summed E-state index contributed by atoms with van der Waals surface area (Å²) in [5.74, 6) is 2.28. The molecule has 0 unspecified atom stereocenters. The Morgan fingerprint density at radius 1 is 0.971 bits per heavy atom. The Morgan fingerprint density at radius 3 is 2.24 bits per heavy atom. The van der Waals surface area contributed by atoms with Gasteiger partial charge in [0, 0.05) is 71.0 Å². The highest BCUT2D eigenvalue weighted by atomic mass is 32.2. The number of piperidine rings is 1. The molecular weight excluding hydrogens is 454 g/mol. The molecule has 2 fully saturated rings. The second-order valence-electron chi connectivity index (χ2n) is 8.97. The van der Waals surface area contributed by atoms with E-state index in [1.165, 1.54) is 6.26 Å². The highest BCUT2D eigenvalue weighted by molar-refractivity contribution is 7.88. The van der Waals surface area contributed by atoms with Gasteiger partial charge in [-0.1, -0.05) is 13.0 Å². The van der Waals surface area contributed by atoms with E-state index < -0.39 is 10.0 Å². The first kappa shape index (κ1) is 24.7. The lowest BCUT2D eigenvalue weighted by molar-refractivity contribution is 0.163.